The van der Waals surface area contributed by atoms with Crippen molar-refractivity contribution in [3.63, 3.8) is 0 Å². The predicted octanol–water partition coefficient (Wildman–Crippen LogP) is 6.61. The minimum absolute atomic E-state index is 0.0148. The molecule has 2 heterocycles. The van der Waals surface area contributed by atoms with Gasteiger partial charge in [0, 0.05) is 22.4 Å². The molecule has 0 saturated heterocycles. The van der Waals surface area contributed by atoms with Gasteiger partial charge in [0.25, 0.3) is 5.89 Å². The SMILES string of the molecule is Cc1cc(C(C)Nc2ccccc2-c2nc(C)no2)c2oc(-c3ccccc3)c(C)c(=O)c2c1. The number of anilines is 1. The molecule has 0 aliphatic heterocycles. The van der Waals surface area contributed by atoms with E-state index in [0.717, 1.165) is 27.9 Å². The van der Waals surface area contributed by atoms with Crippen LogP contribution in [0.5, 0.6) is 0 Å². The first-order valence-corrected chi connectivity index (χ1v) is 11.2. The molecular weight excluding hydrogens is 426 g/mol. The molecule has 34 heavy (non-hydrogen) atoms. The highest BCUT2D eigenvalue weighted by Crippen LogP contribution is 2.34. The first-order valence-electron chi connectivity index (χ1n) is 11.2. The normalized spacial score (nSPS) is 12.1. The van der Waals surface area contributed by atoms with Crippen LogP contribution < -0.4 is 10.7 Å². The largest absolute Gasteiger partial charge is 0.455 e. The van der Waals surface area contributed by atoms with Crippen molar-refractivity contribution in [3.05, 3.63) is 99.5 Å². The summed E-state index contributed by atoms with van der Waals surface area (Å²) in [5.74, 6) is 1.63. The molecule has 2 aromatic heterocycles. The molecule has 1 atom stereocenters. The van der Waals surface area contributed by atoms with E-state index in [9.17, 15) is 4.79 Å². The van der Waals surface area contributed by atoms with E-state index in [1.165, 1.54) is 0 Å². The fourth-order valence-electron chi connectivity index (χ4n) is 4.27. The smallest absolute Gasteiger partial charge is 0.260 e. The predicted molar refractivity (Wildman–Crippen MR) is 134 cm³/mol. The fourth-order valence-corrected chi connectivity index (χ4v) is 4.27. The Hall–Kier alpha value is -4.19. The van der Waals surface area contributed by atoms with Crippen molar-refractivity contribution in [1.82, 2.24) is 10.1 Å². The molecule has 0 aliphatic rings. The van der Waals surface area contributed by atoms with Gasteiger partial charge in [-0.05, 0) is 51.5 Å². The van der Waals surface area contributed by atoms with E-state index in [2.05, 4.69) is 21.5 Å². The first kappa shape index (κ1) is 21.6. The summed E-state index contributed by atoms with van der Waals surface area (Å²) in [5, 5.41) is 8.06. The maximum absolute atomic E-state index is 13.3. The highest BCUT2D eigenvalue weighted by molar-refractivity contribution is 5.85. The Labute approximate surface area is 197 Å². The van der Waals surface area contributed by atoms with E-state index >= 15 is 0 Å². The van der Waals surface area contributed by atoms with Crippen LogP contribution in [0.1, 0.15) is 35.5 Å². The van der Waals surface area contributed by atoms with Gasteiger partial charge in [0.15, 0.2) is 11.3 Å². The zero-order valence-electron chi connectivity index (χ0n) is 19.5. The van der Waals surface area contributed by atoms with Crippen LogP contribution in [0.4, 0.5) is 5.69 Å². The van der Waals surface area contributed by atoms with Gasteiger partial charge in [-0.15, -0.1) is 0 Å². The van der Waals surface area contributed by atoms with Crippen molar-refractivity contribution in [2.24, 2.45) is 0 Å². The zero-order chi connectivity index (χ0) is 23.8. The minimum atomic E-state index is -0.165. The van der Waals surface area contributed by atoms with Crippen molar-refractivity contribution in [3.8, 4) is 22.8 Å². The maximum Gasteiger partial charge on any atom is 0.260 e. The van der Waals surface area contributed by atoms with Crippen molar-refractivity contribution < 1.29 is 8.94 Å². The van der Waals surface area contributed by atoms with Crippen LogP contribution in [0.15, 0.2) is 80.5 Å². The van der Waals surface area contributed by atoms with Crippen LogP contribution in [-0.4, -0.2) is 10.1 Å². The monoisotopic (exact) mass is 451 g/mol. The zero-order valence-corrected chi connectivity index (χ0v) is 19.5. The van der Waals surface area contributed by atoms with Crippen molar-refractivity contribution in [2.45, 2.75) is 33.7 Å². The highest BCUT2D eigenvalue weighted by Gasteiger charge is 2.20. The molecule has 0 amide bonds. The highest BCUT2D eigenvalue weighted by atomic mass is 16.5. The number of para-hydroxylation sites is 1. The molecule has 6 heteroatoms. The lowest BCUT2D eigenvalue weighted by atomic mass is 9.98. The summed E-state index contributed by atoms with van der Waals surface area (Å²) in [6.07, 6.45) is 0. The minimum Gasteiger partial charge on any atom is -0.455 e. The van der Waals surface area contributed by atoms with Gasteiger partial charge in [-0.3, -0.25) is 4.79 Å². The number of fused-ring (bicyclic) bond motifs is 1. The molecule has 0 spiro atoms. The van der Waals surface area contributed by atoms with Gasteiger partial charge in [0.1, 0.15) is 11.3 Å². The number of aryl methyl sites for hydroxylation is 2. The van der Waals surface area contributed by atoms with E-state index in [1.54, 1.807) is 6.92 Å². The van der Waals surface area contributed by atoms with Gasteiger partial charge >= 0.3 is 0 Å². The lowest BCUT2D eigenvalue weighted by Gasteiger charge is -2.20. The average Bonchev–Trinajstić information content (AvgIpc) is 3.28. The summed E-state index contributed by atoms with van der Waals surface area (Å²) in [4.78, 5) is 17.7. The molecule has 0 saturated carbocycles. The Morgan fingerprint density at radius 2 is 1.68 bits per heavy atom. The van der Waals surface area contributed by atoms with Crippen LogP contribution in [0.2, 0.25) is 0 Å². The van der Waals surface area contributed by atoms with E-state index in [-0.39, 0.29) is 11.5 Å². The molecule has 0 fully saturated rings. The topological polar surface area (TPSA) is 81.2 Å². The molecule has 0 radical (unpaired) electrons. The molecular formula is C28H25N3O3. The number of benzene rings is 3. The third kappa shape index (κ3) is 3.88. The number of hydrogen-bond acceptors (Lipinski definition) is 6. The lowest BCUT2D eigenvalue weighted by molar-refractivity contribution is 0.425. The van der Waals surface area contributed by atoms with Gasteiger partial charge in [-0.2, -0.15) is 4.98 Å². The molecule has 1 unspecified atom stereocenters. The molecule has 0 bridgehead atoms. The number of hydrogen-bond donors (Lipinski definition) is 1. The maximum atomic E-state index is 13.3. The summed E-state index contributed by atoms with van der Waals surface area (Å²) in [7, 11) is 0. The van der Waals surface area contributed by atoms with Gasteiger partial charge in [0.05, 0.1) is 17.0 Å². The van der Waals surface area contributed by atoms with Crippen LogP contribution in [-0.2, 0) is 0 Å². The molecule has 6 nitrogen and oxygen atoms in total. The number of nitrogens with zero attached hydrogens (tertiary/aromatic N) is 2. The Bertz CT molecular complexity index is 1550. The quantitative estimate of drug-likeness (QED) is 0.324. The molecule has 3 aromatic carbocycles. The van der Waals surface area contributed by atoms with Gasteiger partial charge in [-0.25, -0.2) is 0 Å². The summed E-state index contributed by atoms with van der Waals surface area (Å²) in [6.45, 7) is 7.65. The second-order valence-electron chi connectivity index (χ2n) is 8.54. The number of aromatic nitrogens is 2. The van der Waals surface area contributed by atoms with E-state index < -0.39 is 0 Å². The van der Waals surface area contributed by atoms with Gasteiger partial charge in [-0.1, -0.05) is 53.7 Å². The van der Waals surface area contributed by atoms with Crippen molar-refractivity contribution in [1.29, 1.82) is 0 Å². The molecule has 0 aliphatic carbocycles. The molecule has 1 N–H and O–H groups in total. The average molecular weight is 452 g/mol. The fraction of sp³-hybridized carbons (Fsp3) is 0.179. The number of rotatable bonds is 5. The Kier molecular flexibility index (Phi) is 5.49. The van der Waals surface area contributed by atoms with E-state index in [1.807, 2.05) is 81.4 Å². The molecule has 5 rings (SSSR count). The Morgan fingerprint density at radius 1 is 0.941 bits per heavy atom. The standard InChI is InChI=1S/C28H25N3O3/c1-16-14-22(18(3)29-24-13-9-8-12-21(24)28-30-19(4)31-34-28)27-23(15-16)25(32)17(2)26(33-27)20-10-6-5-7-11-20/h5-15,18,29H,1-4H3. The van der Waals surface area contributed by atoms with Crippen LogP contribution in [0.25, 0.3) is 33.7 Å². The summed E-state index contributed by atoms with van der Waals surface area (Å²) < 4.78 is 11.8. The van der Waals surface area contributed by atoms with Crippen molar-refractivity contribution >= 4 is 16.7 Å². The number of nitrogens with one attached hydrogen (secondary N) is 1. The van der Waals surface area contributed by atoms with E-state index in [0.29, 0.717) is 34.0 Å². The Morgan fingerprint density at radius 3 is 2.41 bits per heavy atom. The van der Waals surface area contributed by atoms with E-state index in [4.69, 9.17) is 8.94 Å². The van der Waals surface area contributed by atoms with Crippen LogP contribution in [0.3, 0.4) is 0 Å². The van der Waals surface area contributed by atoms with Crippen LogP contribution in [0, 0.1) is 20.8 Å². The van der Waals surface area contributed by atoms with Crippen molar-refractivity contribution in [2.75, 3.05) is 5.32 Å². The van der Waals surface area contributed by atoms with Crippen LogP contribution >= 0.6 is 0 Å². The Balaban J connectivity index is 1.63. The molecule has 170 valence electrons. The summed E-state index contributed by atoms with van der Waals surface area (Å²) in [6, 6.07) is 21.3. The first-order chi connectivity index (χ1) is 16.4. The third-order valence-corrected chi connectivity index (χ3v) is 5.95. The van der Waals surface area contributed by atoms with Gasteiger partial charge < -0.3 is 14.3 Å². The summed E-state index contributed by atoms with van der Waals surface area (Å²) >= 11 is 0. The second-order valence-corrected chi connectivity index (χ2v) is 8.54. The third-order valence-electron chi connectivity index (χ3n) is 5.95. The lowest BCUT2D eigenvalue weighted by Crippen LogP contribution is -2.12. The second kappa shape index (κ2) is 8.63. The van der Waals surface area contributed by atoms with Gasteiger partial charge in [0.2, 0.25) is 0 Å². The summed E-state index contributed by atoms with van der Waals surface area (Å²) in [5.41, 5.74) is 5.62. The molecule has 5 aromatic rings.